The molecule has 1 aromatic carbocycles. The molecule has 0 aliphatic rings. The Balaban J connectivity index is 2.28. The van der Waals surface area contributed by atoms with E-state index in [1.54, 1.807) is 0 Å². The number of nitrogens with zero attached hydrogens (tertiary/aromatic N) is 1. The highest BCUT2D eigenvalue weighted by molar-refractivity contribution is 9.10. The zero-order chi connectivity index (χ0) is 11.8. The third-order valence-corrected chi connectivity index (χ3v) is 3.19. The molecule has 0 atom stereocenters. The lowest BCUT2D eigenvalue weighted by Gasteiger charge is -2.17. The van der Waals surface area contributed by atoms with Crippen LogP contribution in [0.4, 0.5) is 0 Å². The van der Waals surface area contributed by atoms with Gasteiger partial charge in [0.05, 0.1) is 5.60 Å². The van der Waals surface area contributed by atoms with Gasteiger partial charge in [0.1, 0.15) is 0 Å². The van der Waals surface area contributed by atoms with E-state index in [0.29, 0.717) is 0 Å². The van der Waals surface area contributed by atoms with Crippen LogP contribution < -0.4 is 0 Å². The maximum Gasteiger partial charge on any atom is 0.0608 e. The van der Waals surface area contributed by atoms with Crippen LogP contribution in [-0.2, 0) is 6.54 Å². The number of hydrogen-bond donors (Lipinski definition) is 1. The number of aliphatic hydroxyl groups is 1. The molecular weight excluding hydrogens is 266 g/mol. The highest BCUT2D eigenvalue weighted by atomic mass is 79.9. The molecule has 0 saturated heterocycles. The van der Waals surface area contributed by atoms with Gasteiger partial charge in [-0.25, -0.2) is 0 Å². The lowest BCUT2D eigenvalue weighted by atomic mass is 10.1. The summed E-state index contributed by atoms with van der Waals surface area (Å²) in [6.07, 6.45) is 2.83. The van der Waals surface area contributed by atoms with Crippen LogP contribution in [0.25, 0.3) is 10.9 Å². The van der Waals surface area contributed by atoms with E-state index in [0.717, 1.165) is 17.4 Å². The van der Waals surface area contributed by atoms with E-state index in [2.05, 4.69) is 44.9 Å². The van der Waals surface area contributed by atoms with E-state index in [1.807, 2.05) is 19.9 Å². The third-order valence-electron chi connectivity index (χ3n) is 2.70. The van der Waals surface area contributed by atoms with Gasteiger partial charge in [-0.1, -0.05) is 22.0 Å². The molecule has 1 heterocycles. The second kappa shape index (κ2) is 4.22. The molecule has 0 radical (unpaired) electrons. The van der Waals surface area contributed by atoms with Crippen LogP contribution in [0.1, 0.15) is 20.3 Å². The normalized spacial score (nSPS) is 12.2. The van der Waals surface area contributed by atoms with Crippen LogP contribution in [0.5, 0.6) is 0 Å². The first kappa shape index (κ1) is 11.7. The van der Waals surface area contributed by atoms with Gasteiger partial charge in [-0.2, -0.15) is 0 Å². The highest BCUT2D eigenvalue weighted by Crippen LogP contribution is 2.22. The summed E-state index contributed by atoms with van der Waals surface area (Å²) in [7, 11) is 0. The average Bonchev–Trinajstić information content (AvgIpc) is 2.56. The second-order valence-electron chi connectivity index (χ2n) is 4.77. The van der Waals surface area contributed by atoms with Crippen molar-refractivity contribution in [1.29, 1.82) is 0 Å². The molecule has 86 valence electrons. The van der Waals surface area contributed by atoms with Crippen LogP contribution in [-0.4, -0.2) is 15.3 Å². The molecule has 3 heteroatoms. The number of aromatic nitrogens is 1. The minimum absolute atomic E-state index is 0.609. The fraction of sp³-hybridized carbons (Fsp3) is 0.385. The Kier molecular flexibility index (Phi) is 3.08. The zero-order valence-electron chi connectivity index (χ0n) is 9.57. The predicted molar refractivity (Wildman–Crippen MR) is 70.6 cm³/mol. The second-order valence-corrected chi connectivity index (χ2v) is 5.69. The van der Waals surface area contributed by atoms with E-state index < -0.39 is 5.60 Å². The van der Waals surface area contributed by atoms with Crippen LogP contribution >= 0.6 is 15.9 Å². The molecule has 1 aromatic heterocycles. The summed E-state index contributed by atoms with van der Waals surface area (Å²) in [6, 6.07) is 8.36. The Labute approximate surface area is 104 Å². The minimum atomic E-state index is -0.609. The van der Waals surface area contributed by atoms with Gasteiger partial charge < -0.3 is 9.67 Å². The van der Waals surface area contributed by atoms with Crippen molar-refractivity contribution in [2.24, 2.45) is 0 Å². The number of fused-ring (bicyclic) bond motifs is 1. The topological polar surface area (TPSA) is 25.2 Å². The van der Waals surface area contributed by atoms with Crippen molar-refractivity contribution in [3.63, 3.8) is 0 Å². The van der Waals surface area contributed by atoms with Crippen LogP contribution in [0.15, 0.2) is 34.9 Å². The van der Waals surface area contributed by atoms with Gasteiger partial charge in [-0.3, -0.25) is 0 Å². The standard InChI is InChI=1S/C13H16BrNO/c1-13(2,16)6-8-15-7-5-10-3-4-11(14)9-12(10)15/h3-5,7,9,16H,6,8H2,1-2H3. The first-order valence-electron chi connectivity index (χ1n) is 5.42. The molecule has 0 aliphatic heterocycles. The molecule has 0 unspecified atom stereocenters. The quantitative estimate of drug-likeness (QED) is 0.914. The van der Waals surface area contributed by atoms with Gasteiger partial charge in [0.15, 0.2) is 0 Å². The Bertz CT molecular complexity index is 496. The largest absolute Gasteiger partial charge is 0.390 e. The van der Waals surface area contributed by atoms with Crippen molar-refractivity contribution in [2.75, 3.05) is 0 Å². The summed E-state index contributed by atoms with van der Waals surface area (Å²) in [6.45, 7) is 4.52. The van der Waals surface area contributed by atoms with Crippen LogP contribution in [0.2, 0.25) is 0 Å². The summed E-state index contributed by atoms with van der Waals surface area (Å²) in [5, 5.41) is 11.0. The number of halogens is 1. The summed E-state index contributed by atoms with van der Waals surface area (Å²) in [5.41, 5.74) is 0.599. The smallest absolute Gasteiger partial charge is 0.0608 e. The van der Waals surface area contributed by atoms with Gasteiger partial charge in [0.25, 0.3) is 0 Å². The number of rotatable bonds is 3. The van der Waals surface area contributed by atoms with Crippen molar-refractivity contribution >= 4 is 26.8 Å². The summed E-state index contributed by atoms with van der Waals surface area (Å²) < 4.78 is 3.26. The van der Waals surface area contributed by atoms with E-state index in [1.165, 1.54) is 10.9 Å². The molecule has 16 heavy (non-hydrogen) atoms. The maximum atomic E-state index is 9.72. The lowest BCUT2D eigenvalue weighted by Crippen LogP contribution is -2.20. The molecule has 2 rings (SSSR count). The van der Waals surface area contributed by atoms with Gasteiger partial charge in [0.2, 0.25) is 0 Å². The molecule has 0 spiro atoms. The van der Waals surface area contributed by atoms with Crippen LogP contribution in [0.3, 0.4) is 0 Å². The number of aryl methyl sites for hydroxylation is 1. The van der Waals surface area contributed by atoms with Gasteiger partial charge in [-0.15, -0.1) is 0 Å². The summed E-state index contributed by atoms with van der Waals surface area (Å²) >= 11 is 3.48. The molecule has 0 bridgehead atoms. The minimum Gasteiger partial charge on any atom is -0.390 e. The summed E-state index contributed by atoms with van der Waals surface area (Å²) in [4.78, 5) is 0. The Morgan fingerprint density at radius 1 is 1.31 bits per heavy atom. The first-order chi connectivity index (χ1) is 7.46. The fourth-order valence-electron chi connectivity index (χ4n) is 1.75. The molecule has 0 saturated carbocycles. The van der Waals surface area contributed by atoms with E-state index >= 15 is 0 Å². The van der Waals surface area contributed by atoms with Crippen molar-refractivity contribution in [3.8, 4) is 0 Å². The monoisotopic (exact) mass is 281 g/mol. The van der Waals surface area contributed by atoms with E-state index in [-0.39, 0.29) is 0 Å². The third kappa shape index (κ3) is 2.66. The van der Waals surface area contributed by atoms with Crippen molar-refractivity contribution in [2.45, 2.75) is 32.4 Å². The highest BCUT2D eigenvalue weighted by Gasteiger charge is 2.12. The predicted octanol–water partition coefficient (Wildman–Crippen LogP) is 3.56. The van der Waals surface area contributed by atoms with Crippen molar-refractivity contribution in [3.05, 3.63) is 34.9 Å². The molecule has 0 aliphatic carbocycles. The Morgan fingerprint density at radius 2 is 2.06 bits per heavy atom. The first-order valence-corrected chi connectivity index (χ1v) is 6.22. The SMILES string of the molecule is CC(C)(O)CCn1ccc2ccc(Br)cc21. The fourth-order valence-corrected chi connectivity index (χ4v) is 2.10. The molecule has 1 N–H and O–H groups in total. The molecular formula is C13H16BrNO. The Morgan fingerprint density at radius 3 is 2.75 bits per heavy atom. The molecule has 2 nitrogen and oxygen atoms in total. The van der Waals surface area contributed by atoms with Crippen LogP contribution in [0, 0.1) is 0 Å². The Hall–Kier alpha value is -0.800. The van der Waals surface area contributed by atoms with Gasteiger partial charge >= 0.3 is 0 Å². The van der Waals surface area contributed by atoms with Gasteiger partial charge in [0, 0.05) is 22.7 Å². The number of hydrogen-bond acceptors (Lipinski definition) is 1. The maximum absolute atomic E-state index is 9.72. The molecule has 0 fully saturated rings. The summed E-state index contributed by atoms with van der Waals surface area (Å²) in [5.74, 6) is 0. The zero-order valence-corrected chi connectivity index (χ0v) is 11.2. The van der Waals surface area contributed by atoms with Crippen molar-refractivity contribution < 1.29 is 5.11 Å². The van der Waals surface area contributed by atoms with Crippen molar-refractivity contribution in [1.82, 2.24) is 4.57 Å². The van der Waals surface area contributed by atoms with E-state index in [4.69, 9.17) is 0 Å². The van der Waals surface area contributed by atoms with E-state index in [9.17, 15) is 5.11 Å². The lowest BCUT2D eigenvalue weighted by molar-refractivity contribution is 0.0666. The van der Waals surface area contributed by atoms with Gasteiger partial charge in [-0.05, 0) is 43.9 Å². The average molecular weight is 282 g/mol. The molecule has 2 aromatic rings. The molecule has 0 amide bonds. The number of benzene rings is 1.